The topological polar surface area (TPSA) is 84.5 Å². The summed E-state index contributed by atoms with van der Waals surface area (Å²) in [6.07, 6.45) is -9.39. The fourth-order valence-electron chi connectivity index (χ4n) is 4.57. The number of carbonyl (C=O) groups excluding carboxylic acids is 3. The molecule has 0 heterocycles. The van der Waals surface area contributed by atoms with E-state index in [1.54, 1.807) is 23.5 Å². The average Bonchev–Trinajstić information content (AvgIpc) is 3.02. The van der Waals surface area contributed by atoms with E-state index in [2.05, 4.69) is 5.32 Å². The number of ether oxygens (including phenoxy) is 1. The maximum atomic E-state index is 13.1. The molecule has 2 amide bonds. The molecule has 0 saturated heterocycles. The van der Waals surface area contributed by atoms with Crippen LogP contribution in [0.5, 0.6) is 0 Å². The number of carbonyl (C=O) groups is 3. The van der Waals surface area contributed by atoms with Crippen molar-refractivity contribution in [2.45, 2.75) is 24.7 Å². The number of nitrogens with one attached hydrogen (secondary N) is 2. The molecule has 4 aromatic rings. The molecule has 4 aromatic carbocycles. The third-order valence-electron chi connectivity index (χ3n) is 6.84. The Hall–Kier alpha value is -4.55. The summed E-state index contributed by atoms with van der Waals surface area (Å²) < 4.78 is 82.3. The van der Waals surface area contributed by atoms with Crippen LogP contribution in [0.2, 0.25) is 10.0 Å². The second kappa shape index (κ2) is 14.9. The lowest BCUT2D eigenvalue weighted by Crippen LogP contribution is -2.37. The first kappa shape index (κ1) is 35.3. The van der Waals surface area contributed by atoms with Crippen LogP contribution in [0.4, 0.5) is 32.0 Å². The van der Waals surface area contributed by atoms with Crippen LogP contribution < -0.4 is 10.6 Å². The minimum Gasteiger partial charge on any atom is -0.462 e. The van der Waals surface area contributed by atoms with Gasteiger partial charge in [-0.15, -0.1) is 0 Å². The quantitative estimate of drug-likeness (QED) is 0.128. The maximum absolute atomic E-state index is 13.1. The van der Waals surface area contributed by atoms with Gasteiger partial charge in [-0.1, -0.05) is 59.6 Å². The summed E-state index contributed by atoms with van der Waals surface area (Å²) in [7, 11) is 0. The molecule has 47 heavy (non-hydrogen) atoms. The molecule has 14 heteroatoms. The predicted octanol–water partition coefficient (Wildman–Crippen LogP) is 8.94. The molecular weight excluding hydrogens is 673 g/mol. The zero-order chi connectivity index (χ0) is 34.4. The second-order valence-corrected chi connectivity index (χ2v) is 10.9. The number of benzene rings is 4. The molecule has 246 valence electrons. The van der Waals surface area contributed by atoms with E-state index >= 15 is 0 Å². The van der Waals surface area contributed by atoms with Gasteiger partial charge in [-0.25, -0.2) is 4.79 Å². The van der Waals surface area contributed by atoms with E-state index in [4.69, 9.17) is 27.9 Å². The van der Waals surface area contributed by atoms with Crippen molar-refractivity contribution < 1.29 is 45.5 Å². The molecule has 0 aliphatic rings. The molecule has 0 fully saturated rings. The average molecular weight is 697 g/mol. The van der Waals surface area contributed by atoms with E-state index in [1.807, 2.05) is 0 Å². The summed E-state index contributed by atoms with van der Waals surface area (Å²) in [5.41, 5.74) is 0.638. The van der Waals surface area contributed by atoms with Crippen molar-refractivity contribution in [2.24, 2.45) is 0 Å². The Bertz CT molecular complexity index is 1720. The van der Waals surface area contributed by atoms with Gasteiger partial charge in [-0.05, 0) is 72.1 Å². The molecule has 0 aromatic heterocycles. The van der Waals surface area contributed by atoms with Gasteiger partial charge in [0.1, 0.15) is 6.54 Å². The zero-order valence-electron chi connectivity index (χ0n) is 24.0. The van der Waals surface area contributed by atoms with Crippen LogP contribution in [-0.2, 0) is 15.7 Å². The van der Waals surface area contributed by atoms with Crippen molar-refractivity contribution >= 4 is 46.7 Å². The molecule has 0 radical (unpaired) electrons. The lowest BCUT2D eigenvalue weighted by atomic mass is 9.94. The summed E-state index contributed by atoms with van der Waals surface area (Å²) in [6.45, 7) is -1.95. The molecule has 2 N–H and O–H groups in total. The van der Waals surface area contributed by atoms with Crippen LogP contribution in [-0.4, -0.2) is 37.1 Å². The van der Waals surface area contributed by atoms with Crippen molar-refractivity contribution in [1.29, 1.82) is 0 Å². The monoisotopic (exact) mass is 696 g/mol. The van der Waals surface area contributed by atoms with Gasteiger partial charge < -0.3 is 15.4 Å². The molecule has 4 rings (SSSR count). The highest BCUT2D eigenvalue weighted by atomic mass is 35.5. The van der Waals surface area contributed by atoms with E-state index in [9.17, 15) is 40.7 Å². The van der Waals surface area contributed by atoms with Gasteiger partial charge in [0.05, 0.1) is 23.7 Å². The Morgan fingerprint density at radius 1 is 0.766 bits per heavy atom. The normalized spacial score (nSPS) is 12.3. The number of halogens is 8. The van der Waals surface area contributed by atoms with Crippen molar-refractivity contribution in [3.8, 4) is 11.1 Å². The number of hydrogen-bond donors (Lipinski definition) is 2. The van der Waals surface area contributed by atoms with Crippen LogP contribution in [0.1, 0.15) is 44.2 Å². The van der Waals surface area contributed by atoms with Crippen LogP contribution in [0.3, 0.4) is 0 Å². The highest BCUT2D eigenvalue weighted by Gasteiger charge is 2.32. The summed E-state index contributed by atoms with van der Waals surface area (Å²) in [4.78, 5) is 38.4. The van der Waals surface area contributed by atoms with Gasteiger partial charge in [-0.3, -0.25) is 9.59 Å². The minimum absolute atomic E-state index is 0.0515. The molecular formula is C33H24Cl2F6N2O4. The fourth-order valence-corrected chi connectivity index (χ4v) is 5.23. The number of amides is 2. The molecule has 0 aliphatic carbocycles. The lowest BCUT2D eigenvalue weighted by molar-refractivity contribution is -0.139. The molecule has 0 saturated carbocycles. The Labute approximate surface area is 274 Å². The van der Waals surface area contributed by atoms with E-state index in [0.29, 0.717) is 16.8 Å². The van der Waals surface area contributed by atoms with Gasteiger partial charge >= 0.3 is 18.3 Å². The first-order valence-electron chi connectivity index (χ1n) is 13.8. The van der Waals surface area contributed by atoms with E-state index in [1.165, 1.54) is 60.7 Å². The third kappa shape index (κ3) is 9.49. The van der Waals surface area contributed by atoms with Gasteiger partial charge in [0, 0.05) is 26.9 Å². The highest BCUT2D eigenvalue weighted by molar-refractivity contribution is 6.36. The van der Waals surface area contributed by atoms with Gasteiger partial charge in [-0.2, -0.15) is 26.3 Å². The fraction of sp³-hybridized carbons (Fsp3) is 0.182. The number of hydrogen-bond acceptors (Lipinski definition) is 4. The third-order valence-corrected chi connectivity index (χ3v) is 7.50. The summed E-state index contributed by atoms with van der Waals surface area (Å²) in [5.74, 6) is -3.62. The molecule has 0 aliphatic heterocycles. The molecule has 0 spiro atoms. The van der Waals surface area contributed by atoms with Crippen LogP contribution >= 0.6 is 23.2 Å². The number of anilines is 1. The first-order chi connectivity index (χ1) is 22.1. The van der Waals surface area contributed by atoms with Gasteiger partial charge in [0.25, 0.3) is 5.91 Å². The molecule has 6 nitrogen and oxygen atoms in total. The summed E-state index contributed by atoms with van der Waals surface area (Å²) >= 11 is 12.4. The largest absolute Gasteiger partial charge is 0.462 e. The summed E-state index contributed by atoms with van der Waals surface area (Å²) in [6, 6.07) is 20.7. The van der Waals surface area contributed by atoms with E-state index in [0.717, 1.165) is 12.1 Å². The minimum atomic E-state index is -4.65. The number of esters is 1. The van der Waals surface area contributed by atoms with Gasteiger partial charge in [0.15, 0.2) is 0 Å². The van der Waals surface area contributed by atoms with Crippen LogP contribution in [0.25, 0.3) is 11.1 Å². The lowest BCUT2D eigenvalue weighted by Gasteiger charge is -2.20. The van der Waals surface area contributed by atoms with Crippen molar-refractivity contribution in [2.75, 3.05) is 18.5 Å². The summed E-state index contributed by atoms with van der Waals surface area (Å²) in [5, 5.41) is 4.58. The van der Waals surface area contributed by atoms with Crippen LogP contribution in [0, 0.1) is 0 Å². The Morgan fingerprint density at radius 2 is 1.38 bits per heavy atom. The van der Waals surface area contributed by atoms with Crippen LogP contribution in [0.15, 0.2) is 91.0 Å². The standard InChI is InChI=1S/C33H24Cl2F6N2O4/c34-26-6-3-7-27(35)28(26)25(29(44)42-18-32(36,37)38)16-17-47-31(46)20-10-14-22(15-11-20)43-30(45)24-5-2-1-4-23(24)19-8-12-21(13-9-19)33(39,40)41/h1-15,25H,16-18H2,(H,42,44)(H,43,45). The van der Waals surface area contributed by atoms with Gasteiger partial charge in [0.2, 0.25) is 5.91 Å². The zero-order valence-corrected chi connectivity index (χ0v) is 25.5. The highest BCUT2D eigenvalue weighted by Crippen LogP contribution is 2.35. The number of alkyl halides is 6. The SMILES string of the molecule is O=C(OCCC(C(=O)NCC(F)(F)F)c1c(Cl)cccc1Cl)c1ccc(NC(=O)c2ccccc2-c2ccc(C(F)(F)F)cc2)cc1. The molecule has 0 bridgehead atoms. The van der Waals surface area contributed by atoms with E-state index < -0.39 is 48.2 Å². The Kier molecular flexibility index (Phi) is 11.2. The Balaban J connectivity index is 1.40. The van der Waals surface area contributed by atoms with E-state index in [-0.39, 0.29) is 39.8 Å². The van der Waals surface area contributed by atoms with Crippen molar-refractivity contribution in [3.63, 3.8) is 0 Å². The Morgan fingerprint density at radius 3 is 1.98 bits per heavy atom. The van der Waals surface area contributed by atoms with Crippen molar-refractivity contribution in [3.05, 3.63) is 123 Å². The smallest absolute Gasteiger partial charge is 0.416 e. The number of rotatable bonds is 10. The molecule has 1 unspecified atom stereocenters. The molecule has 1 atom stereocenters. The second-order valence-electron chi connectivity index (χ2n) is 10.1. The predicted molar refractivity (Wildman–Crippen MR) is 164 cm³/mol. The first-order valence-corrected chi connectivity index (χ1v) is 14.5. The van der Waals surface area contributed by atoms with Crippen molar-refractivity contribution in [1.82, 2.24) is 5.32 Å². The maximum Gasteiger partial charge on any atom is 0.416 e.